The van der Waals surface area contributed by atoms with E-state index in [1.54, 1.807) is 23.5 Å². The highest BCUT2D eigenvalue weighted by Crippen LogP contribution is 2.30. The predicted octanol–water partition coefficient (Wildman–Crippen LogP) is 2.96. The van der Waals surface area contributed by atoms with Crippen LogP contribution in [0, 0.1) is 17.0 Å². The number of benzene rings is 1. The normalized spacial score (nSPS) is 10.5. The second-order valence-corrected chi connectivity index (χ2v) is 5.31. The molecule has 0 radical (unpaired) electrons. The number of nitro benzene ring substituents is 1. The summed E-state index contributed by atoms with van der Waals surface area (Å²) in [7, 11) is 0. The molecular formula is C14H16N2O3S. The van der Waals surface area contributed by atoms with Crippen molar-refractivity contribution >= 4 is 22.7 Å². The zero-order valence-corrected chi connectivity index (χ0v) is 12.0. The molecule has 20 heavy (non-hydrogen) atoms. The summed E-state index contributed by atoms with van der Waals surface area (Å²) >= 11 is 1.58. The van der Waals surface area contributed by atoms with E-state index in [1.165, 1.54) is 0 Å². The Labute approximate surface area is 121 Å². The van der Waals surface area contributed by atoms with Crippen LogP contribution in [0.4, 0.5) is 11.4 Å². The molecule has 0 aliphatic heterocycles. The van der Waals surface area contributed by atoms with Crippen LogP contribution in [0.2, 0.25) is 0 Å². The Kier molecular flexibility index (Phi) is 4.70. The number of anilines is 1. The molecule has 0 spiro atoms. The van der Waals surface area contributed by atoms with Crippen LogP contribution < -0.4 is 4.90 Å². The largest absolute Gasteiger partial charge is 0.395 e. The lowest BCUT2D eigenvalue weighted by Crippen LogP contribution is -2.26. The maximum atomic E-state index is 11.2. The summed E-state index contributed by atoms with van der Waals surface area (Å²) in [5.41, 5.74) is 2.55. The number of rotatable bonds is 6. The molecule has 1 heterocycles. The van der Waals surface area contributed by atoms with E-state index in [9.17, 15) is 15.2 Å². The third kappa shape index (κ3) is 3.34. The van der Waals surface area contributed by atoms with E-state index in [0.717, 1.165) is 11.1 Å². The van der Waals surface area contributed by atoms with Crippen LogP contribution in [0.5, 0.6) is 0 Å². The highest BCUT2D eigenvalue weighted by Gasteiger charge is 2.19. The molecule has 5 nitrogen and oxygen atoms in total. The summed E-state index contributed by atoms with van der Waals surface area (Å²) in [5, 5.41) is 24.4. The van der Waals surface area contributed by atoms with Crippen LogP contribution in [0.3, 0.4) is 0 Å². The fourth-order valence-corrected chi connectivity index (χ4v) is 2.72. The van der Waals surface area contributed by atoms with E-state index in [0.29, 0.717) is 18.8 Å². The fourth-order valence-electron chi connectivity index (χ4n) is 2.06. The van der Waals surface area contributed by atoms with E-state index < -0.39 is 0 Å². The van der Waals surface area contributed by atoms with Gasteiger partial charge in [0, 0.05) is 19.2 Å². The van der Waals surface area contributed by atoms with Gasteiger partial charge in [0.25, 0.3) is 5.69 Å². The molecule has 0 bridgehead atoms. The smallest absolute Gasteiger partial charge is 0.292 e. The Balaban J connectivity index is 2.35. The molecule has 0 atom stereocenters. The van der Waals surface area contributed by atoms with Crippen molar-refractivity contribution in [1.29, 1.82) is 0 Å². The van der Waals surface area contributed by atoms with Crippen LogP contribution in [0.1, 0.15) is 11.1 Å². The Bertz CT molecular complexity index is 584. The molecular weight excluding hydrogens is 276 g/mol. The van der Waals surface area contributed by atoms with Gasteiger partial charge in [-0.05, 0) is 40.9 Å². The quantitative estimate of drug-likeness (QED) is 0.656. The Morgan fingerprint density at radius 3 is 2.80 bits per heavy atom. The topological polar surface area (TPSA) is 66.6 Å². The Morgan fingerprint density at radius 2 is 2.20 bits per heavy atom. The lowest BCUT2D eigenvalue weighted by atomic mass is 10.1. The first-order valence-corrected chi connectivity index (χ1v) is 7.18. The number of nitro groups is 1. The minimum absolute atomic E-state index is 0.0465. The Hall–Kier alpha value is -1.92. The van der Waals surface area contributed by atoms with Crippen molar-refractivity contribution in [1.82, 2.24) is 0 Å². The average Bonchev–Trinajstić information content (AvgIpc) is 2.91. The molecule has 0 aliphatic carbocycles. The monoisotopic (exact) mass is 292 g/mol. The van der Waals surface area contributed by atoms with Gasteiger partial charge in [-0.25, -0.2) is 0 Å². The molecule has 1 aromatic heterocycles. The molecule has 0 aliphatic rings. The molecule has 0 fully saturated rings. The van der Waals surface area contributed by atoms with Crippen molar-refractivity contribution < 1.29 is 10.0 Å². The minimum Gasteiger partial charge on any atom is -0.395 e. The highest BCUT2D eigenvalue weighted by molar-refractivity contribution is 7.07. The van der Waals surface area contributed by atoms with Crippen LogP contribution in [0.15, 0.2) is 35.0 Å². The predicted molar refractivity (Wildman–Crippen MR) is 80.3 cm³/mol. The fraction of sp³-hybridized carbons (Fsp3) is 0.286. The maximum absolute atomic E-state index is 11.2. The van der Waals surface area contributed by atoms with Crippen LogP contribution in [0.25, 0.3) is 0 Å². The van der Waals surface area contributed by atoms with Crippen LogP contribution in [-0.4, -0.2) is 23.2 Å². The second-order valence-electron chi connectivity index (χ2n) is 4.53. The van der Waals surface area contributed by atoms with Crippen molar-refractivity contribution in [2.24, 2.45) is 0 Å². The van der Waals surface area contributed by atoms with Crippen molar-refractivity contribution in [3.63, 3.8) is 0 Å². The maximum Gasteiger partial charge on any atom is 0.292 e. The van der Waals surface area contributed by atoms with Gasteiger partial charge in [-0.1, -0.05) is 6.07 Å². The molecule has 0 unspecified atom stereocenters. The number of hydrogen-bond acceptors (Lipinski definition) is 5. The molecule has 0 saturated carbocycles. The number of hydrogen-bond donors (Lipinski definition) is 1. The van der Waals surface area contributed by atoms with E-state index in [2.05, 4.69) is 0 Å². The molecule has 2 aromatic rings. The first-order chi connectivity index (χ1) is 9.61. The second kappa shape index (κ2) is 6.49. The summed E-state index contributed by atoms with van der Waals surface area (Å²) < 4.78 is 0. The van der Waals surface area contributed by atoms with Crippen molar-refractivity contribution in [2.75, 3.05) is 18.1 Å². The average molecular weight is 292 g/mol. The molecule has 6 heteroatoms. The van der Waals surface area contributed by atoms with Crippen molar-refractivity contribution in [2.45, 2.75) is 13.5 Å². The zero-order chi connectivity index (χ0) is 14.5. The van der Waals surface area contributed by atoms with Crippen molar-refractivity contribution in [3.8, 4) is 0 Å². The van der Waals surface area contributed by atoms with Crippen molar-refractivity contribution in [3.05, 3.63) is 56.3 Å². The summed E-state index contributed by atoms with van der Waals surface area (Å²) in [4.78, 5) is 12.7. The molecule has 2 rings (SSSR count). The zero-order valence-electron chi connectivity index (χ0n) is 11.2. The number of nitrogens with zero attached hydrogens (tertiary/aromatic N) is 2. The first kappa shape index (κ1) is 14.5. The van der Waals surface area contributed by atoms with Gasteiger partial charge < -0.3 is 10.0 Å². The van der Waals surface area contributed by atoms with E-state index in [1.807, 2.05) is 34.7 Å². The van der Waals surface area contributed by atoms with E-state index in [4.69, 9.17) is 0 Å². The number of aryl methyl sites for hydroxylation is 1. The van der Waals surface area contributed by atoms with Gasteiger partial charge in [0.05, 0.1) is 11.5 Å². The standard InChI is InChI=1S/C14H16N2O3S/c1-11-2-3-13(14(8-11)16(18)19)15(5-6-17)9-12-4-7-20-10-12/h2-4,7-8,10,17H,5-6,9H2,1H3. The van der Waals surface area contributed by atoms with Gasteiger partial charge in [-0.15, -0.1) is 0 Å². The summed E-state index contributed by atoms with van der Waals surface area (Å²) in [6, 6.07) is 7.14. The summed E-state index contributed by atoms with van der Waals surface area (Å²) in [5.74, 6) is 0. The number of thiophene rings is 1. The van der Waals surface area contributed by atoms with Crippen LogP contribution >= 0.6 is 11.3 Å². The molecule has 1 aromatic carbocycles. The Morgan fingerprint density at radius 1 is 1.40 bits per heavy atom. The third-order valence-electron chi connectivity index (χ3n) is 2.99. The first-order valence-electron chi connectivity index (χ1n) is 6.23. The summed E-state index contributed by atoms with van der Waals surface area (Å²) in [6.07, 6.45) is 0. The minimum atomic E-state index is -0.375. The van der Waals surface area contributed by atoms with Gasteiger partial charge in [0.15, 0.2) is 0 Å². The van der Waals surface area contributed by atoms with Gasteiger partial charge in [-0.2, -0.15) is 11.3 Å². The molecule has 106 valence electrons. The SMILES string of the molecule is Cc1ccc(N(CCO)Cc2ccsc2)c([N+](=O)[O-])c1. The van der Waals surface area contributed by atoms with Gasteiger partial charge in [0.2, 0.25) is 0 Å². The van der Waals surface area contributed by atoms with Gasteiger partial charge >= 0.3 is 0 Å². The molecule has 0 amide bonds. The highest BCUT2D eigenvalue weighted by atomic mass is 32.1. The lowest BCUT2D eigenvalue weighted by Gasteiger charge is -2.23. The third-order valence-corrected chi connectivity index (χ3v) is 3.72. The van der Waals surface area contributed by atoms with E-state index in [-0.39, 0.29) is 17.2 Å². The summed E-state index contributed by atoms with van der Waals surface area (Å²) in [6.45, 7) is 2.69. The lowest BCUT2D eigenvalue weighted by molar-refractivity contribution is -0.384. The van der Waals surface area contributed by atoms with E-state index >= 15 is 0 Å². The molecule has 1 N–H and O–H groups in total. The van der Waals surface area contributed by atoms with Crippen LogP contribution in [-0.2, 0) is 6.54 Å². The number of aliphatic hydroxyl groups is 1. The number of aliphatic hydroxyl groups excluding tert-OH is 1. The van der Waals surface area contributed by atoms with Gasteiger partial charge in [-0.3, -0.25) is 10.1 Å². The molecule has 0 saturated heterocycles. The van der Waals surface area contributed by atoms with Gasteiger partial charge in [0.1, 0.15) is 5.69 Å².